The molecule has 0 saturated carbocycles. The van der Waals surface area contributed by atoms with Crippen molar-refractivity contribution in [1.29, 1.82) is 0 Å². The molecule has 1 fully saturated rings. The highest BCUT2D eigenvalue weighted by atomic mass is 35.5. The summed E-state index contributed by atoms with van der Waals surface area (Å²) in [6.07, 6.45) is 0. The zero-order valence-corrected chi connectivity index (χ0v) is 16.2. The predicted molar refractivity (Wildman–Crippen MR) is 111 cm³/mol. The Hall–Kier alpha value is -2.86. The number of benzene rings is 2. The van der Waals surface area contributed by atoms with Gasteiger partial charge in [-0.15, -0.1) is 0 Å². The lowest BCUT2D eigenvalue weighted by Gasteiger charge is -2.36. The summed E-state index contributed by atoms with van der Waals surface area (Å²) in [6, 6.07) is 13.4. The SMILES string of the molecule is Cc1cc(N2CCN(C(=O)Nc3ccc(F)cc3)CC2)c2c(Cl)cccc2n1. The number of urea groups is 1. The van der Waals surface area contributed by atoms with E-state index in [2.05, 4.69) is 15.2 Å². The van der Waals surface area contributed by atoms with Crippen LogP contribution < -0.4 is 10.2 Å². The van der Waals surface area contributed by atoms with E-state index in [0.29, 0.717) is 36.9 Å². The monoisotopic (exact) mass is 398 g/mol. The number of aromatic nitrogens is 1. The van der Waals surface area contributed by atoms with Crippen molar-refractivity contribution in [1.82, 2.24) is 9.88 Å². The van der Waals surface area contributed by atoms with Gasteiger partial charge < -0.3 is 15.1 Å². The fraction of sp³-hybridized carbons (Fsp3) is 0.238. The summed E-state index contributed by atoms with van der Waals surface area (Å²) in [4.78, 5) is 21.1. The van der Waals surface area contributed by atoms with Crippen LogP contribution in [0.4, 0.5) is 20.6 Å². The molecule has 0 radical (unpaired) electrons. The number of amides is 2. The molecule has 0 spiro atoms. The van der Waals surface area contributed by atoms with E-state index in [1.54, 1.807) is 17.0 Å². The number of fused-ring (bicyclic) bond motifs is 1. The highest BCUT2D eigenvalue weighted by Crippen LogP contribution is 2.33. The maximum atomic E-state index is 13.0. The number of rotatable bonds is 2. The fourth-order valence-corrected chi connectivity index (χ4v) is 3.75. The maximum absolute atomic E-state index is 13.0. The van der Waals surface area contributed by atoms with Crippen LogP contribution in [-0.4, -0.2) is 42.1 Å². The molecule has 2 heterocycles. The molecular weight excluding hydrogens is 379 g/mol. The second-order valence-corrected chi connectivity index (χ2v) is 7.24. The number of pyridine rings is 1. The number of aryl methyl sites for hydroxylation is 1. The number of hydrogen-bond acceptors (Lipinski definition) is 3. The van der Waals surface area contributed by atoms with E-state index in [0.717, 1.165) is 22.3 Å². The summed E-state index contributed by atoms with van der Waals surface area (Å²) in [5, 5.41) is 4.43. The Bertz CT molecular complexity index is 1020. The van der Waals surface area contributed by atoms with Crippen molar-refractivity contribution in [2.75, 3.05) is 36.4 Å². The quantitative estimate of drug-likeness (QED) is 0.681. The van der Waals surface area contributed by atoms with Gasteiger partial charge >= 0.3 is 6.03 Å². The molecule has 1 aromatic heterocycles. The third kappa shape index (κ3) is 3.73. The van der Waals surface area contributed by atoms with Crippen LogP contribution in [0.3, 0.4) is 0 Å². The van der Waals surface area contributed by atoms with Gasteiger partial charge in [0.2, 0.25) is 0 Å². The van der Waals surface area contributed by atoms with Gasteiger partial charge in [0.1, 0.15) is 5.82 Å². The van der Waals surface area contributed by atoms with E-state index >= 15 is 0 Å². The van der Waals surface area contributed by atoms with Gasteiger partial charge in [0, 0.05) is 48.6 Å². The van der Waals surface area contributed by atoms with Gasteiger partial charge in [0.05, 0.1) is 10.5 Å². The minimum atomic E-state index is -0.329. The first-order chi connectivity index (χ1) is 13.5. The minimum absolute atomic E-state index is 0.181. The van der Waals surface area contributed by atoms with Crippen LogP contribution in [0.25, 0.3) is 10.9 Å². The highest BCUT2D eigenvalue weighted by molar-refractivity contribution is 6.36. The van der Waals surface area contributed by atoms with Crippen LogP contribution in [0.5, 0.6) is 0 Å². The van der Waals surface area contributed by atoms with E-state index in [1.165, 1.54) is 12.1 Å². The molecule has 1 saturated heterocycles. The lowest BCUT2D eigenvalue weighted by Crippen LogP contribution is -2.50. The Morgan fingerprint density at radius 2 is 1.82 bits per heavy atom. The Morgan fingerprint density at radius 1 is 1.11 bits per heavy atom. The molecule has 5 nitrogen and oxygen atoms in total. The van der Waals surface area contributed by atoms with Gasteiger partial charge in [-0.25, -0.2) is 9.18 Å². The summed E-state index contributed by atoms with van der Waals surface area (Å²) in [5.74, 6) is -0.329. The molecule has 4 rings (SSSR count). The number of carbonyl (C=O) groups is 1. The van der Waals surface area contributed by atoms with Crippen molar-refractivity contribution in [3.05, 3.63) is 65.1 Å². The number of piperazine rings is 1. The summed E-state index contributed by atoms with van der Waals surface area (Å²) in [5.41, 5.74) is 3.43. The van der Waals surface area contributed by atoms with Crippen LogP contribution in [0.2, 0.25) is 5.02 Å². The van der Waals surface area contributed by atoms with Crippen LogP contribution in [0.1, 0.15) is 5.69 Å². The molecule has 28 heavy (non-hydrogen) atoms. The summed E-state index contributed by atoms with van der Waals surface area (Å²) < 4.78 is 13.0. The van der Waals surface area contributed by atoms with E-state index < -0.39 is 0 Å². The lowest BCUT2D eigenvalue weighted by molar-refractivity contribution is 0.208. The van der Waals surface area contributed by atoms with Crippen molar-refractivity contribution in [2.24, 2.45) is 0 Å². The topological polar surface area (TPSA) is 48.5 Å². The molecule has 0 atom stereocenters. The third-order valence-corrected chi connectivity index (χ3v) is 5.21. The molecule has 144 valence electrons. The standard InChI is InChI=1S/C21H20ClFN4O/c1-14-13-19(20-17(22)3-2-4-18(20)24-14)26-9-11-27(12-10-26)21(28)25-16-7-5-15(23)6-8-16/h2-8,13H,9-12H2,1H3,(H,25,28). The number of nitrogens with one attached hydrogen (secondary N) is 1. The molecule has 0 aliphatic carbocycles. The maximum Gasteiger partial charge on any atom is 0.321 e. The van der Waals surface area contributed by atoms with Gasteiger partial charge in [-0.2, -0.15) is 0 Å². The number of hydrogen-bond donors (Lipinski definition) is 1. The highest BCUT2D eigenvalue weighted by Gasteiger charge is 2.23. The molecule has 0 unspecified atom stereocenters. The first-order valence-electron chi connectivity index (χ1n) is 9.13. The smallest absolute Gasteiger partial charge is 0.321 e. The Kier molecular flexibility index (Phi) is 5.05. The second-order valence-electron chi connectivity index (χ2n) is 6.83. The predicted octanol–water partition coefficient (Wildman–Crippen LogP) is 4.69. The number of anilines is 2. The van der Waals surface area contributed by atoms with Crippen LogP contribution >= 0.6 is 11.6 Å². The summed E-state index contributed by atoms with van der Waals surface area (Å²) in [6.45, 7) is 4.53. The van der Waals surface area contributed by atoms with Crippen LogP contribution in [-0.2, 0) is 0 Å². The zero-order chi connectivity index (χ0) is 19.7. The summed E-state index contributed by atoms with van der Waals surface area (Å²) >= 11 is 6.45. The average Bonchev–Trinajstić information content (AvgIpc) is 2.69. The molecule has 1 N–H and O–H groups in total. The third-order valence-electron chi connectivity index (χ3n) is 4.89. The van der Waals surface area contributed by atoms with Crippen molar-refractivity contribution >= 4 is 39.9 Å². The van der Waals surface area contributed by atoms with Gasteiger partial charge in [0.25, 0.3) is 0 Å². The first kappa shape index (κ1) is 18.5. The Labute approximate surface area is 167 Å². The average molecular weight is 399 g/mol. The van der Waals surface area contributed by atoms with E-state index in [9.17, 15) is 9.18 Å². The van der Waals surface area contributed by atoms with Gasteiger partial charge in [-0.1, -0.05) is 17.7 Å². The van der Waals surface area contributed by atoms with Crippen LogP contribution in [0.15, 0.2) is 48.5 Å². The lowest BCUT2D eigenvalue weighted by atomic mass is 10.1. The molecule has 2 amide bonds. The number of halogens is 2. The molecule has 1 aliphatic heterocycles. The molecule has 0 bridgehead atoms. The molecule has 2 aromatic carbocycles. The van der Waals surface area contributed by atoms with Crippen molar-refractivity contribution in [3.63, 3.8) is 0 Å². The summed E-state index contributed by atoms with van der Waals surface area (Å²) in [7, 11) is 0. The molecule has 7 heteroatoms. The molecule has 3 aromatic rings. The fourth-order valence-electron chi connectivity index (χ4n) is 3.49. The normalized spacial score (nSPS) is 14.4. The van der Waals surface area contributed by atoms with Gasteiger partial charge in [-0.05, 0) is 49.4 Å². The van der Waals surface area contributed by atoms with Crippen molar-refractivity contribution in [3.8, 4) is 0 Å². The van der Waals surface area contributed by atoms with Crippen molar-refractivity contribution < 1.29 is 9.18 Å². The Balaban J connectivity index is 1.48. The Morgan fingerprint density at radius 3 is 2.54 bits per heavy atom. The van der Waals surface area contributed by atoms with Gasteiger partial charge in [0.15, 0.2) is 0 Å². The van der Waals surface area contributed by atoms with Crippen LogP contribution in [0, 0.1) is 12.7 Å². The van der Waals surface area contributed by atoms with Gasteiger partial charge in [-0.3, -0.25) is 4.98 Å². The van der Waals surface area contributed by atoms with E-state index in [4.69, 9.17) is 11.6 Å². The molecular formula is C21H20ClFN4O. The first-order valence-corrected chi connectivity index (χ1v) is 9.51. The zero-order valence-electron chi connectivity index (χ0n) is 15.5. The van der Waals surface area contributed by atoms with E-state index in [-0.39, 0.29) is 11.8 Å². The van der Waals surface area contributed by atoms with Crippen molar-refractivity contribution in [2.45, 2.75) is 6.92 Å². The number of nitrogens with zero attached hydrogens (tertiary/aromatic N) is 3. The molecule has 1 aliphatic rings. The second kappa shape index (κ2) is 7.64. The largest absolute Gasteiger partial charge is 0.367 e. The van der Waals surface area contributed by atoms with E-state index in [1.807, 2.05) is 31.2 Å². The number of carbonyl (C=O) groups excluding carboxylic acids is 1. The minimum Gasteiger partial charge on any atom is -0.367 e.